The minimum Gasteiger partial charge on any atom is -0.480 e. The van der Waals surface area contributed by atoms with Crippen molar-refractivity contribution in [3.05, 3.63) is 35.1 Å². The van der Waals surface area contributed by atoms with Crippen molar-refractivity contribution in [2.24, 2.45) is 5.73 Å². The summed E-state index contributed by atoms with van der Waals surface area (Å²) >= 11 is 1.58. The number of nitrogens with two attached hydrogens (primary N) is 1. The Morgan fingerprint density at radius 3 is 2.94 bits per heavy atom. The molecule has 2 rings (SSSR count). The van der Waals surface area contributed by atoms with Gasteiger partial charge in [-0.15, -0.1) is 11.3 Å². The molecule has 2 heterocycles. The number of carboxylic acids is 1. The second kappa shape index (κ2) is 5.24. The molecule has 94 valence electrons. The number of hydrogen-bond acceptors (Lipinski definition) is 5. The fraction of sp³-hybridized carbons (Fsp3) is 0.250. The van der Waals surface area contributed by atoms with E-state index in [1.54, 1.807) is 11.3 Å². The van der Waals surface area contributed by atoms with E-state index in [-0.39, 0.29) is 6.42 Å². The van der Waals surface area contributed by atoms with E-state index in [2.05, 4.69) is 9.97 Å². The zero-order valence-corrected chi connectivity index (χ0v) is 10.6. The van der Waals surface area contributed by atoms with Gasteiger partial charge < -0.3 is 10.8 Å². The summed E-state index contributed by atoms with van der Waals surface area (Å²) in [4.78, 5) is 20.3. The molecule has 0 amide bonds. The van der Waals surface area contributed by atoms with Crippen LogP contribution in [0.4, 0.5) is 0 Å². The third kappa shape index (κ3) is 2.91. The van der Waals surface area contributed by atoms with Gasteiger partial charge in [-0.1, -0.05) is 6.07 Å². The van der Waals surface area contributed by atoms with Crippen LogP contribution in [0.5, 0.6) is 0 Å². The van der Waals surface area contributed by atoms with Crippen LogP contribution in [0.1, 0.15) is 11.5 Å². The van der Waals surface area contributed by atoms with Gasteiger partial charge in [0.15, 0.2) is 0 Å². The maximum Gasteiger partial charge on any atom is 0.320 e. The van der Waals surface area contributed by atoms with Crippen LogP contribution in [0.3, 0.4) is 0 Å². The van der Waals surface area contributed by atoms with Crippen LogP contribution >= 0.6 is 11.3 Å². The van der Waals surface area contributed by atoms with E-state index in [1.807, 2.05) is 30.5 Å². The second-order valence-electron chi connectivity index (χ2n) is 3.94. The fourth-order valence-corrected chi connectivity index (χ4v) is 2.24. The van der Waals surface area contributed by atoms with Gasteiger partial charge in [-0.2, -0.15) is 0 Å². The summed E-state index contributed by atoms with van der Waals surface area (Å²) in [6.45, 7) is 1.86. The Morgan fingerprint density at radius 1 is 1.56 bits per heavy atom. The van der Waals surface area contributed by atoms with Crippen LogP contribution in [0.2, 0.25) is 0 Å². The van der Waals surface area contributed by atoms with Gasteiger partial charge in [0.25, 0.3) is 0 Å². The first kappa shape index (κ1) is 12.7. The molecule has 0 saturated carbocycles. The molecule has 3 N–H and O–H groups in total. The number of nitrogens with zero attached hydrogens (tertiary/aromatic N) is 2. The molecule has 1 atom stereocenters. The fourth-order valence-electron chi connectivity index (χ4n) is 1.56. The summed E-state index contributed by atoms with van der Waals surface area (Å²) in [5.41, 5.74) is 7.11. The smallest absolute Gasteiger partial charge is 0.320 e. The monoisotopic (exact) mass is 263 g/mol. The van der Waals surface area contributed by atoms with E-state index in [4.69, 9.17) is 10.8 Å². The number of carboxylic acid groups (broad SMARTS) is 1. The zero-order valence-electron chi connectivity index (χ0n) is 9.83. The molecule has 2 aromatic heterocycles. The van der Waals surface area contributed by atoms with Crippen molar-refractivity contribution < 1.29 is 9.90 Å². The highest BCUT2D eigenvalue weighted by molar-refractivity contribution is 7.13. The number of thiophene rings is 1. The molecule has 0 spiro atoms. The predicted octanol–water partition coefficient (Wildman–Crippen LogP) is 1.47. The maximum atomic E-state index is 10.7. The SMILES string of the molecule is Cc1cc(-c2cccs2)nc(CC(N)C(=O)O)n1. The third-order valence-corrected chi connectivity index (χ3v) is 3.29. The van der Waals surface area contributed by atoms with Crippen molar-refractivity contribution in [2.45, 2.75) is 19.4 Å². The quantitative estimate of drug-likeness (QED) is 0.871. The highest BCUT2D eigenvalue weighted by atomic mass is 32.1. The van der Waals surface area contributed by atoms with E-state index in [0.29, 0.717) is 5.82 Å². The Balaban J connectivity index is 2.30. The summed E-state index contributed by atoms with van der Waals surface area (Å²) < 4.78 is 0. The molecule has 0 saturated heterocycles. The molecule has 0 bridgehead atoms. The van der Waals surface area contributed by atoms with Crippen LogP contribution in [-0.2, 0) is 11.2 Å². The molecule has 0 aliphatic carbocycles. The summed E-state index contributed by atoms with van der Waals surface area (Å²) in [5.74, 6) is -0.578. The van der Waals surface area contributed by atoms with Gasteiger partial charge >= 0.3 is 5.97 Å². The van der Waals surface area contributed by atoms with Crippen molar-refractivity contribution in [3.63, 3.8) is 0 Å². The van der Waals surface area contributed by atoms with Crippen LogP contribution in [0.25, 0.3) is 10.6 Å². The van der Waals surface area contributed by atoms with Crippen molar-refractivity contribution in [3.8, 4) is 10.6 Å². The Morgan fingerprint density at radius 2 is 2.33 bits per heavy atom. The van der Waals surface area contributed by atoms with E-state index in [9.17, 15) is 4.79 Å². The largest absolute Gasteiger partial charge is 0.480 e. The molecule has 0 radical (unpaired) electrons. The molecular formula is C12H13N3O2S. The van der Waals surface area contributed by atoms with Crippen molar-refractivity contribution >= 4 is 17.3 Å². The predicted molar refractivity (Wildman–Crippen MR) is 69.4 cm³/mol. The lowest BCUT2D eigenvalue weighted by atomic mass is 10.2. The number of aliphatic carboxylic acids is 1. The van der Waals surface area contributed by atoms with Gasteiger partial charge in [0.2, 0.25) is 0 Å². The van der Waals surface area contributed by atoms with Crippen LogP contribution < -0.4 is 5.73 Å². The molecule has 0 aliphatic heterocycles. The number of rotatable bonds is 4. The van der Waals surface area contributed by atoms with Gasteiger partial charge in [0.1, 0.15) is 11.9 Å². The number of aromatic nitrogens is 2. The van der Waals surface area contributed by atoms with Gasteiger partial charge in [0, 0.05) is 12.1 Å². The molecule has 1 unspecified atom stereocenters. The lowest BCUT2D eigenvalue weighted by molar-refractivity contribution is -0.138. The summed E-state index contributed by atoms with van der Waals surface area (Å²) in [7, 11) is 0. The van der Waals surface area contributed by atoms with Crippen molar-refractivity contribution in [1.82, 2.24) is 9.97 Å². The number of carbonyl (C=O) groups is 1. The minimum absolute atomic E-state index is 0.134. The Bertz CT molecular complexity index is 554. The first-order valence-electron chi connectivity index (χ1n) is 5.43. The van der Waals surface area contributed by atoms with Crippen molar-refractivity contribution in [1.29, 1.82) is 0 Å². The molecule has 5 nitrogen and oxygen atoms in total. The first-order valence-corrected chi connectivity index (χ1v) is 6.31. The molecule has 0 aromatic carbocycles. The zero-order chi connectivity index (χ0) is 13.1. The highest BCUT2D eigenvalue weighted by Gasteiger charge is 2.15. The standard InChI is InChI=1S/C12H13N3O2S/c1-7-5-9(10-3-2-4-18-10)15-11(14-7)6-8(13)12(16)17/h2-5,8H,6,13H2,1H3,(H,16,17). The molecule has 18 heavy (non-hydrogen) atoms. The lowest BCUT2D eigenvalue weighted by Crippen LogP contribution is -2.33. The minimum atomic E-state index is -1.04. The van der Waals surface area contributed by atoms with E-state index in [0.717, 1.165) is 16.3 Å². The topological polar surface area (TPSA) is 89.1 Å². The Kier molecular flexibility index (Phi) is 3.69. The van der Waals surface area contributed by atoms with Crippen LogP contribution in [-0.4, -0.2) is 27.1 Å². The molecule has 0 fully saturated rings. The summed E-state index contributed by atoms with van der Waals surface area (Å²) in [6, 6.07) is 4.82. The van der Waals surface area contributed by atoms with Crippen molar-refractivity contribution in [2.75, 3.05) is 0 Å². The van der Waals surface area contributed by atoms with Gasteiger partial charge in [0.05, 0.1) is 10.6 Å². The van der Waals surface area contributed by atoms with E-state index >= 15 is 0 Å². The second-order valence-corrected chi connectivity index (χ2v) is 4.88. The normalized spacial score (nSPS) is 12.3. The average molecular weight is 263 g/mol. The molecule has 6 heteroatoms. The highest BCUT2D eigenvalue weighted by Crippen LogP contribution is 2.23. The molecular weight excluding hydrogens is 250 g/mol. The van der Waals surface area contributed by atoms with Crippen LogP contribution in [0.15, 0.2) is 23.6 Å². The molecule has 2 aromatic rings. The summed E-state index contributed by atoms with van der Waals surface area (Å²) in [6.07, 6.45) is 0.134. The first-order chi connectivity index (χ1) is 8.56. The van der Waals surface area contributed by atoms with E-state index in [1.165, 1.54) is 0 Å². The number of aryl methyl sites for hydroxylation is 1. The maximum absolute atomic E-state index is 10.7. The average Bonchev–Trinajstić information content (AvgIpc) is 2.81. The molecule has 0 aliphatic rings. The third-order valence-electron chi connectivity index (χ3n) is 2.39. The summed E-state index contributed by atoms with van der Waals surface area (Å²) in [5, 5.41) is 10.8. The van der Waals surface area contributed by atoms with Gasteiger partial charge in [-0.25, -0.2) is 9.97 Å². The lowest BCUT2D eigenvalue weighted by Gasteiger charge is -2.07. The Hall–Kier alpha value is -1.79. The van der Waals surface area contributed by atoms with Gasteiger partial charge in [-0.05, 0) is 24.4 Å². The van der Waals surface area contributed by atoms with E-state index < -0.39 is 12.0 Å². The van der Waals surface area contributed by atoms with Gasteiger partial charge in [-0.3, -0.25) is 4.79 Å². The Labute approximate surface area is 108 Å². The van der Waals surface area contributed by atoms with Crippen LogP contribution in [0, 0.1) is 6.92 Å². The number of hydrogen-bond donors (Lipinski definition) is 2.